The first-order chi connectivity index (χ1) is 8.64. The van der Waals surface area contributed by atoms with Crippen LogP contribution in [0.3, 0.4) is 0 Å². The minimum atomic E-state index is -0.906. The van der Waals surface area contributed by atoms with Crippen LogP contribution in [0.1, 0.15) is 47.5 Å². The molecule has 0 saturated heterocycles. The maximum absolute atomic E-state index is 12.0. The lowest BCUT2D eigenvalue weighted by molar-refractivity contribution is -0.147. The molecule has 0 aromatic heterocycles. The van der Waals surface area contributed by atoms with Gasteiger partial charge < -0.3 is 9.84 Å². The predicted octanol–water partition coefficient (Wildman–Crippen LogP) is 2.34. The first-order valence-electron chi connectivity index (χ1n) is 6.19. The van der Waals surface area contributed by atoms with Gasteiger partial charge in [0.1, 0.15) is 11.5 Å². The summed E-state index contributed by atoms with van der Waals surface area (Å²) in [6, 6.07) is 6.87. The maximum atomic E-state index is 12.0. The Morgan fingerprint density at radius 2 is 1.94 bits per heavy atom. The highest BCUT2D eigenvalue weighted by molar-refractivity contribution is 5.96. The van der Waals surface area contributed by atoms with Crippen LogP contribution in [0.4, 0.5) is 0 Å². The molecule has 1 aromatic rings. The number of carbonyl (C=O) groups excluding carboxylic acids is 1. The van der Waals surface area contributed by atoms with Crippen LogP contribution in [0.15, 0.2) is 24.3 Å². The third-order valence-electron chi connectivity index (χ3n) is 4.01. The molecule has 4 nitrogen and oxygen atoms in total. The van der Waals surface area contributed by atoms with Crippen LogP contribution < -0.4 is 0 Å². The van der Waals surface area contributed by atoms with Crippen molar-refractivity contribution in [3.63, 3.8) is 0 Å². The van der Waals surface area contributed by atoms with Gasteiger partial charge in [0.25, 0.3) is 0 Å². The Labute approximate surface area is 105 Å². The number of ether oxygens (including phenoxy) is 1. The Bertz CT molecular complexity index is 514. The van der Waals surface area contributed by atoms with Crippen molar-refractivity contribution < 1.29 is 19.4 Å². The number of carbonyl (C=O) groups is 2. The van der Waals surface area contributed by atoms with Crippen molar-refractivity contribution in [2.45, 2.75) is 37.2 Å². The third kappa shape index (κ3) is 1.45. The van der Waals surface area contributed by atoms with Gasteiger partial charge in [-0.05, 0) is 37.3 Å². The largest absolute Gasteiger partial charge is 0.481 e. The number of hydrogen-bond donors (Lipinski definition) is 1. The van der Waals surface area contributed by atoms with E-state index in [0.29, 0.717) is 24.0 Å². The molecule has 0 bridgehead atoms. The number of carboxylic acid groups (broad SMARTS) is 1. The molecule has 94 valence electrons. The summed E-state index contributed by atoms with van der Waals surface area (Å²) in [4.78, 5) is 23.6. The molecular formula is C14H14O4. The Morgan fingerprint density at radius 3 is 2.61 bits per heavy atom. The van der Waals surface area contributed by atoms with Gasteiger partial charge >= 0.3 is 11.9 Å². The third-order valence-corrected chi connectivity index (χ3v) is 4.01. The van der Waals surface area contributed by atoms with Crippen molar-refractivity contribution in [3.05, 3.63) is 35.4 Å². The summed E-state index contributed by atoms with van der Waals surface area (Å²) in [5.74, 6) is -2.02. The van der Waals surface area contributed by atoms with E-state index in [1.807, 2.05) is 0 Å². The second-order valence-corrected chi connectivity index (χ2v) is 5.02. The van der Waals surface area contributed by atoms with Crippen LogP contribution in [-0.4, -0.2) is 22.6 Å². The first kappa shape index (κ1) is 11.3. The Hall–Kier alpha value is -1.84. The van der Waals surface area contributed by atoms with E-state index in [2.05, 4.69) is 0 Å². The molecule has 1 aliphatic heterocycles. The van der Waals surface area contributed by atoms with Gasteiger partial charge in [0, 0.05) is 0 Å². The molecule has 1 heterocycles. The second kappa shape index (κ2) is 3.83. The predicted molar refractivity (Wildman–Crippen MR) is 63.4 cm³/mol. The van der Waals surface area contributed by atoms with Crippen LogP contribution in [-0.2, 0) is 9.53 Å². The molecule has 0 radical (unpaired) electrons. The second-order valence-electron chi connectivity index (χ2n) is 5.02. The van der Waals surface area contributed by atoms with Crippen molar-refractivity contribution >= 4 is 11.9 Å². The summed E-state index contributed by atoms with van der Waals surface area (Å²) in [6.45, 7) is 0. The van der Waals surface area contributed by atoms with Gasteiger partial charge in [0.05, 0.1) is 5.56 Å². The van der Waals surface area contributed by atoms with Crippen LogP contribution in [0, 0.1) is 0 Å². The van der Waals surface area contributed by atoms with Gasteiger partial charge in [-0.15, -0.1) is 0 Å². The van der Waals surface area contributed by atoms with Gasteiger partial charge in [0.2, 0.25) is 0 Å². The quantitative estimate of drug-likeness (QED) is 0.772. The van der Waals surface area contributed by atoms with Crippen LogP contribution in [0.25, 0.3) is 0 Å². The zero-order valence-corrected chi connectivity index (χ0v) is 9.89. The van der Waals surface area contributed by atoms with Crippen LogP contribution >= 0.6 is 0 Å². The minimum Gasteiger partial charge on any atom is -0.481 e. The summed E-state index contributed by atoms with van der Waals surface area (Å²) in [5, 5.41) is 9.51. The Morgan fingerprint density at radius 1 is 1.28 bits per heavy atom. The topological polar surface area (TPSA) is 63.6 Å². The van der Waals surface area contributed by atoms with Gasteiger partial charge in [0.15, 0.2) is 0 Å². The zero-order valence-electron chi connectivity index (χ0n) is 9.89. The molecule has 1 N–H and O–H groups in total. The first-order valence-corrected chi connectivity index (χ1v) is 6.19. The van der Waals surface area contributed by atoms with E-state index in [1.54, 1.807) is 24.3 Å². The fourth-order valence-electron chi connectivity index (χ4n) is 3.24. The van der Waals surface area contributed by atoms with E-state index in [1.165, 1.54) is 0 Å². The fraction of sp³-hybridized carbons (Fsp3) is 0.429. The van der Waals surface area contributed by atoms with E-state index in [9.17, 15) is 14.7 Å². The molecular weight excluding hydrogens is 232 g/mol. The molecule has 1 fully saturated rings. The average Bonchev–Trinajstić information content (AvgIpc) is 2.77. The molecule has 1 aromatic carbocycles. The van der Waals surface area contributed by atoms with Gasteiger partial charge in [-0.1, -0.05) is 18.2 Å². The van der Waals surface area contributed by atoms with Crippen LogP contribution in [0.5, 0.6) is 0 Å². The number of esters is 1. The van der Waals surface area contributed by atoms with E-state index >= 15 is 0 Å². The highest BCUT2D eigenvalue weighted by Crippen LogP contribution is 2.48. The smallest absolute Gasteiger partial charge is 0.339 e. The molecule has 1 aliphatic carbocycles. The summed E-state index contributed by atoms with van der Waals surface area (Å²) < 4.78 is 5.52. The van der Waals surface area contributed by atoms with Gasteiger partial charge in [-0.3, -0.25) is 4.79 Å². The molecule has 1 saturated carbocycles. The van der Waals surface area contributed by atoms with Crippen molar-refractivity contribution in [3.8, 4) is 0 Å². The molecule has 3 rings (SSSR count). The monoisotopic (exact) mass is 246 g/mol. The number of aliphatic carboxylic acids is 1. The summed E-state index contributed by atoms with van der Waals surface area (Å²) >= 11 is 0. The molecule has 4 heteroatoms. The number of hydrogen-bond acceptors (Lipinski definition) is 3. The number of rotatable bonds is 1. The van der Waals surface area contributed by atoms with E-state index < -0.39 is 17.5 Å². The van der Waals surface area contributed by atoms with Crippen molar-refractivity contribution in [2.75, 3.05) is 0 Å². The van der Waals surface area contributed by atoms with E-state index in [4.69, 9.17) is 4.74 Å². The Balaban J connectivity index is 2.17. The highest BCUT2D eigenvalue weighted by atomic mass is 16.6. The van der Waals surface area contributed by atoms with Gasteiger partial charge in [-0.2, -0.15) is 0 Å². The van der Waals surface area contributed by atoms with Crippen LogP contribution in [0.2, 0.25) is 0 Å². The standard InChI is InChI=1S/C14H14O4/c15-12(16)11-9-5-1-2-6-10(9)13(17)18-14(11)7-3-4-8-14/h1-2,5-6,11H,3-4,7-8H2,(H,15,16)/t11-/m0/s1. The summed E-state index contributed by atoms with van der Waals surface area (Å²) in [6.07, 6.45) is 3.12. The lowest BCUT2D eigenvalue weighted by Gasteiger charge is -2.39. The van der Waals surface area contributed by atoms with Crippen molar-refractivity contribution in [1.82, 2.24) is 0 Å². The number of fused-ring (bicyclic) bond motifs is 1. The van der Waals surface area contributed by atoms with E-state index in [0.717, 1.165) is 12.8 Å². The van der Waals surface area contributed by atoms with Gasteiger partial charge in [-0.25, -0.2) is 4.79 Å². The lowest BCUT2D eigenvalue weighted by Crippen LogP contribution is -2.46. The van der Waals surface area contributed by atoms with Crippen molar-refractivity contribution in [2.24, 2.45) is 0 Å². The minimum absolute atomic E-state index is 0.384. The molecule has 0 unspecified atom stereocenters. The Kier molecular flexibility index (Phi) is 2.40. The van der Waals surface area contributed by atoms with E-state index in [-0.39, 0.29) is 5.97 Å². The number of carboxylic acids is 1. The lowest BCUT2D eigenvalue weighted by atomic mass is 9.76. The SMILES string of the molecule is O=C1OC2(CCCC2)[C@H](C(=O)O)c2ccccc21. The summed E-state index contributed by atoms with van der Waals surface area (Å²) in [5.41, 5.74) is 0.169. The molecule has 1 atom stereocenters. The maximum Gasteiger partial charge on any atom is 0.339 e. The molecule has 1 spiro atoms. The van der Waals surface area contributed by atoms with Crippen molar-refractivity contribution in [1.29, 1.82) is 0 Å². The molecule has 2 aliphatic rings. The number of benzene rings is 1. The zero-order chi connectivity index (χ0) is 12.8. The highest BCUT2D eigenvalue weighted by Gasteiger charge is 2.53. The average molecular weight is 246 g/mol. The fourth-order valence-corrected chi connectivity index (χ4v) is 3.24. The molecule has 0 amide bonds. The normalized spacial score (nSPS) is 24.7. The summed E-state index contributed by atoms with van der Waals surface area (Å²) in [7, 11) is 0. The molecule has 18 heavy (non-hydrogen) atoms.